The van der Waals surface area contributed by atoms with Crippen LogP contribution in [0, 0.1) is 0 Å². The largest absolute Gasteiger partial charge is 0.259 e. The molecule has 2 heteroatoms. The lowest BCUT2D eigenvalue weighted by atomic mass is 10.2. The van der Waals surface area contributed by atoms with E-state index in [0.717, 1.165) is 11.3 Å². The molecule has 66 valence electrons. The molecule has 0 aliphatic rings. The highest BCUT2D eigenvalue weighted by Gasteiger charge is 2.09. The van der Waals surface area contributed by atoms with Gasteiger partial charge in [-0.25, -0.2) is 0 Å². The van der Waals surface area contributed by atoms with Gasteiger partial charge < -0.3 is 0 Å². The van der Waals surface area contributed by atoms with Gasteiger partial charge in [-0.15, -0.1) is 0 Å². The number of rotatable bonds is 3. The van der Waals surface area contributed by atoms with Gasteiger partial charge in [-0.3, -0.25) is 4.21 Å². The lowest BCUT2D eigenvalue weighted by molar-refractivity contribution is 0.677. The Labute approximate surface area is 76.3 Å². The average molecular weight is 182 g/mol. The highest BCUT2D eigenvalue weighted by molar-refractivity contribution is 7.85. The van der Waals surface area contributed by atoms with Crippen LogP contribution in [-0.4, -0.2) is 9.96 Å². The van der Waals surface area contributed by atoms with E-state index in [4.69, 9.17) is 0 Å². The Balaban J connectivity index is 2.78. The maximum absolute atomic E-state index is 11.4. The van der Waals surface area contributed by atoms with Crippen LogP contribution in [0.3, 0.4) is 0 Å². The van der Waals surface area contributed by atoms with Crippen molar-refractivity contribution >= 4 is 10.8 Å². The normalized spacial score (nSPS) is 15.5. The summed E-state index contributed by atoms with van der Waals surface area (Å²) >= 11 is 0. The maximum Gasteiger partial charge on any atom is 0.0568 e. The van der Waals surface area contributed by atoms with Crippen molar-refractivity contribution in [3.05, 3.63) is 35.9 Å². The molecule has 1 unspecified atom stereocenters. The number of benzene rings is 1. The molecule has 2 atom stereocenters. The van der Waals surface area contributed by atoms with Gasteiger partial charge in [0.2, 0.25) is 0 Å². The summed E-state index contributed by atoms with van der Waals surface area (Å²) in [5.41, 5.74) is 1.16. The van der Waals surface area contributed by atoms with Crippen LogP contribution in [0.15, 0.2) is 30.3 Å². The molecule has 0 heterocycles. The van der Waals surface area contributed by atoms with Gasteiger partial charge in [0.25, 0.3) is 0 Å². The Bertz CT molecular complexity index is 256. The first-order valence-electron chi connectivity index (χ1n) is 4.17. The van der Waals surface area contributed by atoms with Crippen LogP contribution in [0.2, 0.25) is 0 Å². The molecule has 0 aliphatic carbocycles. The minimum atomic E-state index is -0.723. The SMILES string of the molecule is CCS(=O)[C@H](C)c1ccccc1. The predicted octanol–water partition coefficient (Wildman–Crippen LogP) is 2.52. The fraction of sp³-hybridized carbons (Fsp3) is 0.400. The third kappa shape index (κ3) is 2.18. The van der Waals surface area contributed by atoms with Crippen molar-refractivity contribution < 1.29 is 4.21 Å². The zero-order chi connectivity index (χ0) is 8.97. The van der Waals surface area contributed by atoms with Crippen LogP contribution in [-0.2, 0) is 10.8 Å². The first-order chi connectivity index (χ1) is 5.75. The van der Waals surface area contributed by atoms with E-state index >= 15 is 0 Å². The first kappa shape index (κ1) is 9.46. The van der Waals surface area contributed by atoms with Crippen LogP contribution < -0.4 is 0 Å². The van der Waals surface area contributed by atoms with Crippen LogP contribution >= 0.6 is 0 Å². The Morgan fingerprint density at radius 1 is 1.33 bits per heavy atom. The Hall–Kier alpha value is -0.630. The van der Waals surface area contributed by atoms with E-state index in [-0.39, 0.29) is 5.25 Å². The van der Waals surface area contributed by atoms with Gasteiger partial charge in [-0.2, -0.15) is 0 Å². The molecule has 1 aromatic carbocycles. The van der Waals surface area contributed by atoms with E-state index in [9.17, 15) is 4.21 Å². The molecule has 0 N–H and O–H groups in total. The molecule has 1 aromatic rings. The second-order valence-corrected chi connectivity index (χ2v) is 4.77. The molecule has 0 saturated carbocycles. The van der Waals surface area contributed by atoms with Crippen molar-refractivity contribution in [1.82, 2.24) is 0 Å². The average Bonchev–Trinajstić information content (AvgIpc) is 2.17. The van der Waals surface area contributed by atoms with E-state index in [1.165, 1.54) is 0 Å². The van der Waals surface area contributed by atoms with E-state index in [2.05, 4.69) is 0 Å². The van der Waals surface area contributed by atoms with Crippen molar-refractivity contribution in [2.24, 2.45) is 0 Å². The second-order valence-electron chi connectivity index (χ2n) is 2.72. The summed E-state index contributed by atoms with van der Waals surface area (Å²) < 4.78 is 11.4. The standard InChI is InChI=1S/C10H14OS/c1-3-12(11)9(2)10-7-5-4-6-8-10/h4-9H,3H2,1-2H3/t9-,12?/m1/s1. The predicted molar refractivity (Wildman–Crippen MR) is 53.5 cm³/mol. The molecule has 0 amide bonds. The lowest BCUT2D eigenvalue weighted by Gasteiger charge is -2.09. The molecule has 0 aliphatic heterocycles. The minimum absolute atomic E-state index is 0.163. The summed E-state index contributed by atoms with van der Waals surface area (Å²) in [7, 11) is -0.723. The van der Waals surface area contributed by atoms with Crippen molar-refractivity contribution in [3.63, 3.8) is 0 Å². The van der Waals surface area contributed by atoms with Gasteiger partial charge in [-0.1, -0.05) is 37.3 Å². The van der Waals surface area contributed by atoms with Crippen LogP contribution in [0.25, 0.3) is 0 Å². The Morgan fingerprint density at radius 2 is 1.92 bits per heavy atom. The van der Waals surface area contributed by atoms with Crippen molar-refractivity contribution in [3.8, 4) is 0 Å². The van der Waals surface area contributed by atoms with Crippen LogP contribution in [0.1, 0.15) is 24.7 Å². The summed E-state index contributed by atoms with van der Waals surface area (Å²) in [6.07, 6.45) is 0. The molecule has 0 radical (unpaired) electrons. The third-order valence-corrected chi connectivity index (χ3v) is 3.58. The summed E-state index contributed by atoms with van der Waals surface area (Å²) in [4.78, 5) is 0. The molecule has 12 heavy (non-hydrogen) atoms. The van der Waals surface area contributed by atoms with Crippen molar-refractivity contribution in [2.75, 3.05) is 5.75 Å². The Kier molecular flexibility index (Phi) is 3.48. The minimum Gasteiger partial charge on any atom is -0.259 e. The molecule has 0 fully saturated rings. The van der Waals surface area contributed by atoms with E-state index in [0.29, 0.717) is 0 Å². The number of hydrogen-bond donors (Lipinski definition) is 0. The fourth-order valence-electron chi connectivity index (χ4n) is 1.13. The van der Waals surface area contributed by atoms with Gasteiger partial charge >= 0.3 is 0 Å². The summed E-state index contributed by atoms with van der Waals surface area (Å²) in [6, 6.07) is 10.00. The first-order valence-corrected chi connectivity index (χ1v) is 5.56. The quantitative estimate of drug-likeness (QED) is 0.702. The smallest absolute Gasteiger partial charge is 0.0568 e. The molecule has 1 rings (SSSR count). The van der Waals surface area contributed by atoms with Crippen LogP contribution in [0.4, 0.5) is 0 Å². The lowest BCUT2D eigenvalue weighted by Crippen LogP contribution is -2.03. The van der Waals surface area contributed by atoms with Crippen molar-refractivity contribution in [1.29, 1.82) is 0 Å². The molecule has 1 nitrogen and oxygen atoms in total. The van der Waals surface area contributed by atoms with Gasteiger partial charge in [-0.05, 0) is 12.5 Å². The van der Waals surface area contributed by atoms with Gasteiger partial charge in [0.1, 0.15) is 0 Å². The third-order valence-electron chi connectivity index (χ3n) is 1.95. The monoisotopic (exact) mass is 182 g/mol. The molecule has 0 spiro atoms. The van der Waals surface area contributed by atoms with E-state index < -0.39 is 10.8 Å². The van der Waals surface area contributed by atoms with E-state index in [1.807, 2.05) is 44.2 Å². The molecular weight excluding hydrogens is 168 g/mol. The summed E-state index contributed by atoms with van der Waals surface area (Å²) in [5.74, 6) is 0.732. The maximum atomic E-state index is 11.4. The highest BCUT2D eigenvalue weighted by atomic mass is 32.2. The Morgan fingerprint density at radius 3 is 2.42 bits per heavy atom. The van der Waals surface area contributed by atoms with Crippen LogP contribution in [0.5, 0.6) is 0 Å². The van der Waals surface area contributed by atoms with Gasteiger partial charge in [0, 0.05) is 16.6 Å². The second kappa shape index (κ2) is 4.41. The molecule has 0 saturated heterocycles. The highest BCUT2D eigenvalue weighted by Crippen LogP contribution is 2.18. The van der Waals surface area contributed by atoms with Gasteiger partial charge in [0.15, 0.2) is 0 Å². The van der Waals surface area contributed by atoms with Crippen molar-refractivity contribution in [2.45, 2.75) is 19.1 Å². The molecule has 0 bridgehead atoms. The number of hydrogen-bond acceptors (Lipinski definition) is 1. The molecule has 0 aromatic heterocycles. The fourth-order valence-corrected chi connectivity index (χ4v) is 2.09. The van der Waals surface area contributed by atoms with E-state index in [1.54, 1.807) is 0 Å². The summed E-state index contributed by atoms with van der Waals surface area (Å²) in [6.45, 7) is 3.96. The zero-order valence-electron chi connectivity index (χ0n) is 7.49. The molecular formula is C10H14OS. The summed E-state index contributed by atoms with van der Waals surface area (Å²) in [5, 5.41) is 0.163. The zero-order valence-corrected chi connectivity index (χ0v) is 8.30. The topological polar surface area (TPSA) is 17.1 Å². The van der Waals surface area contributed by atoms with Gasteiger partial charge in [0.05, 0.1) is 5.25 Å².